The van der Waals surface area contributed by atoms with Crippen LogP contribution in [-0.4, -0.2) is 54.1 Å². The topological polar surface area (TPSA) is 53.0 Å². The highest BCUT2D eigenvalue weighted by Crippen LogP contribution is 2.26. The van der Waals surface area contributed by atoms with E-state index in [2.05, 4.69) is 4.90 Å². The highest BCUT2D eigenvalue weighted by Gasteiger charge is 2.16. The van der Waals surface area contributed by atoms with Crippen molar-refractivity contribution in [2.24, 2.45) is 0 Å². The van der Waals surface area contributed by atoms with Gasteiger partial charge in [-0.25, -0.2) is 0 Å². The Morgan fingerprint density at radius 3 is 2.80 bits per heavy atom. The van der Waals surface area contributed by atoms with Gasteiger partial charge in [0.15, 0.2) is 11.5 Å². The SMILES string of the molecule is COc1cc(CN2CCCN(C(C)=O)CC2)ccc1O. The number of aromatic hydroxyl groups is 1. The number of carbonyl (C=O) groups is 1. The van der Waals surface area contributed by atoms with Gasteiger partial charge in [-0.1, -0.05) is 6.07 Å². The van der Waals surface area contributed by atoms with E-state index in [1.165, 1.54) is 0 Å². The van der Waals surface area contributed by atoms with Crippen LogP contribution in [0.15, 0.2) is 18.2 Å². The van der Waals surface area contributed by atoms with Gasteiger partial charge in [0.25, 0.3) is 0 Å². The van der Waals surface area contributed by atoms with E-state index in [0.717, 1.165) is 44.7 Å². The summed E-state index contributed by atoms with van der Waals surface area (Å²) in [5, 5.41) is 9.60. The maximum atomic E-state index is 11.4. The van der Waals surface area contributed by atoms with E-state index < -0.39 is 0 Å². The fourth-order valence-corrected chi connectivity index (χ4v) is 2.52. The van der Waals surface area contributed by atoms with Crippen molar-refractivity contribution < 1.29 is 14.6 Å². The lowest BCUT2D eigenvalue weighted by Crippen LogP contribution is -2.33. The average molecular weight is 278 g/mol. The van der Waals surface area contributed by atoms with Gasteiger partial charge in [-0.2, -0.15) is 0 Å². The van der Waals surface area contributed by atoms with Crippen LogP contribution in [0.2, 0.25) is 0 Å². The van der Waals surface area contributed by atoms with Crippen LogP contribution in [0.5, 0.6) is 11.5 Å². The second-order valence-corrected chi connectivity index (χ2v) is 5.14. The van der Waals surface area contributed by atoms with E-state index in [1.54, 1.807) is 20.1 Å². The molecule has 1 aromatic rings. The molecule has 1 heterocycles. The van der Waals surface area contributed by atoms with Crippen LogP contribution >= 0.6 is 0 Å². The maximum Gasteiger partial charge on any atom is 0.219 e. The van der Waals surface area contributed by atoms with Crippen molar-refractivity contribution in [1.29, 1.82) is 0 Å². The third kappa shape index (κ3) is 3.63. The molecule has 1 aromatic carbocycles. The van der Waals surface area contributed by atoms with Crippen molar-refractivity contribution in [1.82, 2.24) is 9.80 Å². The summed E-state index contributed by atoms with van der Waals surface area (Å²) in [6, 6.07) is 5.43. The van der Waals surface area contributed by atoms with Crippen molar-refractivity contribution in [3.05, 3.63) is 23.8 Å². The van der Waals surface area contributed by atoms with E-state index in [4.69, 9.17) is 4.74 Å². The van der Waals surface area contributed by atoms with Gasteiger partial charge in [0.05, 0.1) is 7.11 Å². The molecule has 1 fully saturated rings. The molecule has 0 spiro atoms. The lowest BCUT2D eigenvalue weighted by molar-refractivity contribution is -0.128. The predicted octanol–water partition coefficient (Wildman–Crippen LogP) is 1.45. The summed E-state index contributed by atoms with van der Waals surface area (Å²) in [6.07, 6.45) is 0.995. The smallest absolute Gasteiger partial charge is 0.219 e. The van der Waals surface area contributed by atoms with E-state index in [0.29, 0.717) is 5.75 Å². The minimum atomic E-state index is 0.151. The van der Waals surface area contributed by atoms with Gasteiger partial charge in [-0.3, -0.25) is 9.69 Å². The molecule has 0 bridgehead atoms. The molecule has 0 aliphatic carbocycles. The quantitative estimate of drug-likeness (QED) is 0.909. The molecule has 5 heteroatoms. The minimum Gasteiger partial charge on any atom is -0.504 e. The van der Waals surface area contributed by atoms with Crippen molar-refractivity contribution >= 4 is 5.91 Å². The van der Waals surface area contributed by atoms with E-state index in [-0.39, 0.29) is 11.7 Å². The van der Waals surface area contributed by atoms with Crippen LogP contribution in [0.3, 0.4) is 0 Å². The standard InChI is InChI=1S/C15H22N2O3/c1-12(18)17-7-3-6-16(8-9-17)11-13-4-5-14(19)15(10-13)20-2/h4-5,10,19H,3,6-9,11H2,1-2H3. The Kier molecular flexibility index (Phi) is 4.84. The van der Waals surface area contributed by atoms with Crippen LogP contribution in [0.4, 0.5) is 0 Å². The van der Waals surface area contributed by atoms with Crippen molar-refractivity contribution in [3.8, 4) is 11.5 Å². The minimum absolute atomic E-state index is 0.151. The van der Waals surface area contributed by atoms with Gasteiger partial charge >= 0.3 is 0 Å². The number of ether oxygens (including phenoxy) is 1. The number of benzene rings is 1. The second kappa shape index (κ2) is 6.61. The molecule has 1 aliphatic rings. The molecule has 110 valence electrons. The molecule has 0 atom stereocenters. The zero-order chi connectivity index (χ0) is 14.5. The zero-order valence-electron chi connectivity index (χ0n) is 12.1. The Morgan fingerprint density at radius 1 is 1.30 bits per heavy atom. The molecule has 1 amide bonds. The number of methoxy groups -OCH3 is 1. The Balaban J connectivity index is 1.98. The summed E-state index contributed by atoms with van der Waals surface area (Å²) >= 11 is 0. The van der Waals surface area contributed by atoms with Crippen molar-refractivity contribution in [3.63, 3.8) is 0 Å². The lowest BCUT2D eigenvalue weighted by Gasteiger charge is -2.21. The van der Waals surface area contributed by atoms with Crippen LogP contribution in [0, 0.1) is 0 Å². The fraction of sp³-hybridized carbons (Fsp3) is 0.533. The molecule has 0 unspecified atom stereocenters. The van der Waals surface area contributed by atoms with Gasteiger partial charge in [0.1, 0.15) is 0 Å². The summed E-state index contributed by atoms with van der Waals surface area (Å²) in [7, 11) is 1.55. The maximum absolute atomic E-state index is 11.4. The Bertz CT molecular complexity index is 476. The first-order valence-corrected chi connectivity index (χ1v) is 6.94. The first-order valence-electron chi connectivity index (χ1n) is 6.94. The predicted molar refractivity (Wildman–Crippen MR) is 76.8 cm³/mol. The van der Waals surface area contributed by atoms with E-state index in [9.17, 15) is 9.90 Å². The van der Waals surface area contributed by atoms with Crippen LogP contribution in [-0.2, 0) is 11.3 Å². The van der Waals surface area contributed by atoms with Crippen LogP contribution in [0.25, 0.3) is 0 Å². The van der Waals surface area contributed by atoms with E-state index >= 15 is 0 Å². The van der Waals surface area contributed by atoms with Gasteiger partial charge in [-0.15, -0.1) is 0 Å². The zero-order valence-corrected chi connectivity index (χ0v) is 12.1. The summed E-state index contributed by atoms with van der Waals surface area (Å²) in [5.41, 5.74) is 1.11. The number of phenolic OH excluding ortho intramolecular Hbond substituents is 1. The number of phenols is 1. The molecule has 1 saturated heterocycles. The molecule has 5 nitrogen and oxygen atoms in total. The first kappa shape index (κ1) is 14.7. The Hall–Kier alpha value is -1.75. The molecule has 0 aromatic heterocycles. The third-order valence-corrected chi connectivity index (χ3v) is 3.68. The Labute approximate surface area is 119 Å². The number of hydrogen-bond acceptors (Lipinski definition) is 4. The van der Waals surface area contributed by atoms with Crippen LogP contribution in [0.1, 0.15) is 18.9 Å². The highest BCUT2D eigenvalue weighted by molar-refractivity contribution is 5.73. The molecule has 0 saturated carbocycles. The average Bonchev–Trinajstić information content (AvgIpc) is 2.66. The summed E-state index contributed by atoms with van der Waals surface area (Å²) < 4.78 is 5.13. The summed E-state index contributed by atoms with van der Waals surface area (Å²) in [6.45, 7) is 5.91. The summed E-state index contributed by atoms with van der Waals surface area (Å²) in [4.78, 5) is 15.6. The molecular weight excluding hydrogens is 256 g/mol. The van der Waals surface area contributed by atoms with Gasteiger partial charge in [-0.05, 0) is 24.1 Å². The number of amides is 1. The third-order valence-electron chi connectivity index (χ3n) is 3.68. The monoisotopic (exact) mass is 278 g/mol. The summed E-state index contributed by atoms with van der Waals surface area (Å²) in [5.74, 6) is 0.815. The van der Waals surface area contributed by atoms with Gasteiger partial charge in [0.2, 0.25) is 5.91 Å². The van der Waals surface area contributed by atoms with E-state index in [1.807, 2.05) is 17.0 Å². The normalized spacial score (nSPS) is 16.8. The molecule has 1 N–H and O–H groups in total. The molecule has 0 radical (unpaired) electrons. The van der Waals surface area contributed by atoms with Crippen molar-refractivity contribution in [2.45, 2.75) is 19.9 Å². The van der Waals surface area contributed by atoms with Crippen LogP contribution < -0.4 is 4.74 Å². The fourth-order valence-electron chi connectivity index (χ4n) is 2.52. The lowest BCUT2D eigenvalue weighted by atomic mass is 10.2. The van der Waals surface area contributed by atoms with Gasteiger partial charge in [0, 0.05) is 39.6 Å². The second-order valence-electron chi connectivity index (χ2n) is 5.14. The molecule has 1 aliphatic heterocycles. The largest absolute Gasteiger partial charge is 0.504 e. The molecular formula is C15H22N2O3. The number of hydrogen-bond donors (Lipinski definition) is 1. The van der Waals surface area contributed by atoms with Gasteiger partial charge < -0.3 is 14.7 Å². The highest BCUT2D eigenvalue weighted by atomic mass is 16.5. The number of nitrogens with zero attached hydrogens (tertiary/aromatic N) is 2. The first-order chi connectivity index (χ1) is 9.60. The molecule has 2 rings (SSSR count). The number of rotatable bonds is 3. The molecule has 20 heavy (non-hydrogen) atoms. The Morgan fingerprint density at radius 2 is 2.10 bits per heavy atom. The number of carbonyl (C=O) groups excluding carboxylic acids is 1. The van der Waals surface area contributed by atoms with Crippen molar-refractivity contribution in [2.75, 3.05) is 33.3 Å².